The van der Waals surface area contributed by atoms with E-state index in [1.807, 2.05) is 19.0 Å². The third-order valence-corrected chi connectivity index (χ3v) is 2.54. The molecule has 1 fully saturated rings. The van der Waals surface area contributed by atoms with Crippen molar-refractivity contribution < 1.29 is 4.79 Å². The number of carbonyl (C=O) groups is 1. The van der Waals surface area contributed by atoms with Crippen molar-refractivity contribution in [2.45, 2.75) is 11.7 Å². The van der Waals surface area contributed by atoms with E-state index in [2.05, 4.69) is 24.5 Å². The molecule has 1 rings (SSSR count). The van der Waals surface area contributed by atoms with E-state index in [1.54, 1.807) is 4.90 Å². The van der Waals surface area contributed by atoms with Crippen LogP contribution in [0.2, 0.25) is 0 Å². The van der Waals surface area contributed by atoms with Crippen molar-refractivity contribution in [1.29, 1.82) is 0 Å². The summed E-state index contributed by atoms with van der Waals surface area (Å²) in [6.07, 6.45) is 0.845. The van der Waals surface area contributed by atoms with E-state index < -0.39 is 0 Å². The maximum Gasteiger partial charge on any atom is 0.236 e. The van der Waals surface area contributed by atoms with Gasteiger partial charge in [-0.15, -0.1) is 0 Å². The fourth-order valence-electron chi connectivity index (χ4n) is 1.24. The van der Waals surface area contributed by atoms with Gasteiger partial charge in [-0.2, -0.15) is 12.6 Å². The number of nitrogens with zero attached hydrogens (tertiary/aromatic N) is 2. The number of rotatable bonds is 2. The summed E-state index contributed by atoms with van der Waals surface area (Å²) < 4.78 is 0. The van der Waals surface area contributed by atoms with Crippen LogP contribution in [0.25, 0.3) is 0 Å². The lowest BCUT2D eigenvalue weighted by molar-refractivity contribution is -0.126. The molecule has 0 N–H and O–H groups in total. The van der Waals surface area contributed by atoms with Gasteiger partial charge in [0.15, 0.2) is 0 Å². The van der Waals surface area contributed by atoms with Crippen LogP contribution in [0.15, 0.2) is 0 Å². The summed E-state index contributed by atoms with van der Waals surface area (Å²) >= 11 is 4.18. The summed E-state index contributed by atoms with van der Waals surface area (Å²) in [5, 5.41) is -0.106. The lowest BCUT2D eigenvalue weighted by Crippen LogP contribution is -2.28. The van der Waals surface area contributed by atoms with Gasteiger partial charge in [-0.1, -0.05) is 11.8 Å². The molecule has 0 spiro atoms. The number of hydrogen-bond acceptors (Lipinski definition) is 3. The van der Waals surface area contributed by atoms with E-state index in [-0.39, 0.29) is 11.2 Å². The van der Waals surface area contributed by atoms with Crippen LogP contribution >= 0.6 is 12.6 Å². The molecular formula is C10H16N2OS. The first kappa shape index (κ1) is 11.4. The molecule has 0 radical (unpaired) electrons. The maximum absolute atomic E-state index is 11.4. The first-order valence-corrected chi connectivity index (χ1v) is 5.20. The average Bonchev–Trinajstić information content (AvgIpc) is 2.43. The Morgan fingerprint density at radius 2 is 2.29 bits per heavy atom. The van der Waals surface area contributed by atoms with Crippen molar-refractivity contribution in [3.63, 3.8) is 0 Å². The van der Waals surface area contributed by atoms with Crippen LogP contribution in [0.5, 0.6) is 0 Å². The average molecular weight is 212 g/mol. The summed E-state index contributed by atoms with van der Waals surface area (Å²) in [6, 6.07) is 0. The number of likely N-dealkylation sites (tertiary alicyclic amines) is 1. The Labute approximate surface area is 90.9 Å². The van der Waals surface area contributed by atoms with E-state index in [0.717, 1.165) is 19.5 Å². The molecule has 0 bridgehead atoms. The Morgan fingerprint density at radius 3 is 2.79 bits per heavy atom. The van der Waals surface area contributed by atoms with Crippen molar-refractivity contribution >= 4 is 18.5 Å². The number of hydrogen-bond donors (Lipinski definition) is 1. The highest BCUT2D eigenvalue weighted by Crippen LogP contribution is 2.14. The molecule has 1 amide bonds. The molecule has 78 valence electrons. The quantitative estimate of drug-likeness (QED) is 0.518. The molecule has 14 heavy (non-hydrogen) atoms. The molecule has 4 heteroatoms. The molecule has 1 aliphatic rings. The Hall–Kier alpha value is -0.660. The Balaban J connectivity index is 2.31. The summed E-state index contributed by atoms with van der Waals surface area (Å²) in [5.74, 6) is 6.11. The monoisotopic (exact) mass is 212 g/mol. The van der Waals surface area contributed by atoms with Gasteiger partial charge in [-0.05, 0) is 20.5 Å². The van der Waals surface area contributed by atoms with E-state index in [9.17, 15) is 4.79 Å². The summed E-state index contributed by atoms with van der Waals surface area (Å²) in [5.41, 5.74) is 0. The zero-order chi connectivity index (χ0) is 10.6. The van der Waals surface area contributed by atoms with Crippen LogP contribution in [0, 0.1) is 11.8 Å². The zero-order valence-electron chi connectivity index (χ0n) is 8.66. The smallest absolute Gasteiger partial charge is 0.236 e. The Kier molecular flexibility index (Phi) is 4.30. The highest BCUT2D eigenvalue weighted by atomic mass is 32.1. The molecule has 0 aliphatic carbocycles. The van der Waals surface area contributed by atoms with Crippen molar-refractivity contribution in [3.05, 3.63) is 0 Å². The number of carbonyl (C=O) groups excluding carboxylic acids is 1. The van der Waals surface area contributed by atoms with Crippen LogP contribution in [-0.4, -0.2) is 54.7 Å². The first-order valence-electron chi connectivity index (χ1n) is 4.68. The molecule has 3 nitrogen and oxygen atoms in total. The lowest BCUT2D eigenvalue weighted by atomic mass is 10.4. The van der Waals surface area contributed by atoms with Crippen molar-refractivity contribution in [2.75, 3.05) is 33.7 Å². The standard InChI is InChI=1S/C10H16N2OS/c1-11(2)6-3-4-7-12-8-5-9(14)10(12)13/h9,14H,5-8H2,1-2H3. The second-order valence-corrected chi connectivity index (χ2v) is 4.28. The van der Waals surface area contributed by atoms with E-state index in [1.165, 1.54) is 0 Å². The van der Waals surface area contributed by atoms with Gasteiger partial charge in [0.1, 0.15) is 0 Å². The van der Waals surface area contributed by atoms with Gasteiger partial charge in [-0.3, -0.25) is 9.69 Å². The molecule has 1 atom stereocenters. The van der Waals surface area contributed by atoms with Gasteiger partial charge in [0, 0.05) is 6.54 Å². The van der Waals surface area contributed by atoms with Gasteiger partial charge in [0.25, 0.3) is 0 Å². The van der Waals surface area contributed by atoms with E-state index >= 15 is 0 Å². The minimum Gasteiger partial charge on any atom is -0.331 e. The van der Waals surface area contributed by atoms with Gasteiger partial charge in [0.05, 0.1) is 18.3 Å². The van der Waals surface area contributed by atoms with Crippen LogP contribution < -0.4 is 0 Å². The molecule has 1 unspecified atom stereocenters. The molecule has 0 aromatic rings. The fraction of sp³-hybridized carbons (Fsp3) is 0.700. The summed E-state index contributed by atoms with van der Waals surface area (Å²) in [7, 11) is 3.94. The second-order valence-electron chi connectivity index (χ2n) is 3.66. The highest BCUT2D eigenvalue weighted by Gasteiger charge is 2.27. The molecule has 1 saturated heterocycles. The van der Waals surface area contributed by atoms with E-state index in [4.69, 9.17) is 0 Å². The summed E-state index contributed by atoms with van der Waals surface area (Å²) in [6.45, 7) is 2.08. The van der Waals surface area contributed by atoms with Crippen LogP contribution in [0.4, 0.5) is 0 Å². The minimum absolute atomic E-state index is 0.106. The molecule has 0 aromatic carbocycles. The second kappa shape index (κ2) is 5.28. The largest absolute Gasteiger partial charge is 0.331 e. The first-order chi connectivity index (χ1) is 6.61. The highest BCUT2D eigenvalue weighted by molar-refractivity contribution is 7.81. The maximum atomic E-state index is 11.4. The van der Waals surface area contributed by atoms with E-state index in [0.29, 0.717) is 6.54 Å². The van der Waals surface area contributed by atoms with Gasteiger partial charge < -0.3 is 4.90 Å². The molecule has 0 aromatic heterocycles. The van der Waals surface area contributed by atoms with Crippen LogP contribution in [0.3, 0.4) is 0 Å². The van der Waals surface area contributed by atoms with Crippen molar-refractivity contribution in [3.8, 4) is 11.8 Å². The van der Waals surface area contributed by atoms with Crippen molar-refractivity contribution in [2.24, 2.45) is 0 Å². The Morgan fingerprint density at radius 1 is 1.57 bits per heavy atom. The zero-order valence-corrected chi connectivity index (χ0v) is 9.55. The molecule has 1 aliphatic heterocycles. The minimum atomic E-state index is -0.106. The third kappa shape index (κ3) is 3.24. The summed E-state index contributed by atoms with van der Waals surface area (Å²) in [4.78, 5) is 15.2. The van der Waals surface area contributed by atoms with Gasteiger partial charge in [-0.25, -0.2) is 0 Å². The van der Waals surface area contributed by atoms with Crippen LogP contribution in [0.1, 0.15) is 6.42 Å². The van der Waals surface area contributed by atoms with Crippen LogP contribution in [-0.2, 0) is 4.79 Å². The fourth-order valence-corrected chi connectivity index (χ4v) is 1.52. The van der Waals surface area contributed by atoms with Gasteiger partial charge in [0.2, 0.25) is 5.91 Å². The predicted molar refractivity (Wildman–Crippen MR) is 60.3 cm³/mol. The predicted octanol–water partition coefficient (Wildman–Crippen LogP) is 0.0821. The van der Waals surface area contributed by atoms with Crippen molar-refractivity contribution in [1.82, 2.24) is 9.80 Å². The molecular weight excluding hydrogens is 196 g/mol. The topological polar surface area (TPSA) is 23.6 Å². The Bertz CT molecular complexity index is 267. The van der Waals surface area contributed by atoms with Gasteiger partial charge >= 0.3 is 0 Å². The third-order valence-electron chi connectivity index (χ3n) is 2.06. The molecule has 1 heterocycles. The normalized spacial score (nSPS) is 21.3. The molecule has 0 saturated carbocycles. The number of thiol groups is 1. The SMILES string of the molecule is CN(C)CC#CCN1CCC(S)C1=O. The lowest BCUT2D eigenvalue weighted by Gasteiger charge is -2.11. The number of amides is 1.